The first-order chi connectivity index (χ1) is 6.62. The fraction of sp³-hybridized carbons (Fsp3) is 0.500. The predicted molar refractivity (Wildman–Crippen MR) is 53.9 cm³/mol. The molecule has 2 N–H and O–H groups in total. The van der Waals surface area contributed by atoms with Gasteiger partial charge in [0, 0.05) is 24.5 Å². The van der Waals surface area contributed by atoms with Gasteiger partial charge in [0.1, 0.15) is 13.1 Å². The average molecular weight is 196 g/mol. The lowest BCUT2D eigenvalue weighted by Gasteiger charge is -2.26. The second kappa shape index (κ2) is 3.29. The molecule has 2 heterocycles. The van der Waals surface area contributed by atoms with Gasteiger partial charge >= 0.3 is 0 Å². The van der Waals surface area contributed by atoms with E-state index in [0.717, 1.165) is 31.6 Å². The van der Waals surface area contributed by atoms with Crippen LogP contribution in [-0.4, -0.2) is 18.1 Å². The topological polar surface area (TPSA) is 38.9 Å². The Morgan fingerprint density at radius 2 is 2.07 bits per heavy atom. The van der Waals surface area contributed by atoms with Gasteiger partial charge in [-0.1, -0.05) is 0 Å². The zero-order valence-electron chi connectivity index (χ0n) is 8.33. The maximum absolute atomic E-state index is 13.0. The van der Waals surface area contributed by atoms with Crippen LogP contribution >= 0.6 is 0 Å². The normalized spacial score (nSPS) is 19.9. The monoisotopic (exact) mass is 196 g/mol. The van der Waals surface area contributed by atoms with Gasteiger partial charge in [-0.3, -0.25) is 0 Å². The number of aryl methyl sites for hydroxylation is 1. The van der Waals surface area contributed by atoms with E-state index in [0.29, 0.717) is 10.2 Å². The van der Waals surface area contributed by atoms with Gasteiger partial charge < -0.3 is 0 Å². The van der Waals surface area contributed by atoms with Gasteiger partial charge in [-0.2, -0.15) is 10.2 Å². The number of nitrogens with two attached hydrogens (primary N) is 1. The third kappa shape index (κ3) is 1.51. The van der Waals surface area contributed by atoms with Crippen molar-refractivity contribution >= 4 is 5.69 Å². The molecule has 3 nitrogen and oxygen atoms in total. The van der Waals surface area contributed by atoms with E-state index >= 15 is 0 Å². The standard InChI is InChI=1S/C10H15FN3/c1-8-6-9(7-13-10(8)11)14(12)4-2-3-5-14/h6-7H,2-5,12H2,1H3/q+1. The number of hydrogen-bond acceptors (Lipinski definition) is 2. The summed E-state index contributed by atoms with van der Waals surface area (Å²) in [6.07, 6.45) is 3.81. The van der Waals surface area contributed by atoms with Crippen LogP contribution in [0.5, 0.6) is 0 Å². The fourth-order valence-electron chi connectivity index (χ4n) is 1.94. The minimum absolute atomic E-state index is 0.403. The van der Waals surface area contributed by atoms with Crippen molar-refractivity contribution in [3.63, 3.8) is 0 Å². The first-order valence-electron chi connectivity index (χ1n) is 4.90. The molecule has 0 radical (unpaired) electrons. The summed E-state index contributed by atoms with van der Waals surface area (Å²) < 4.78 is 13.4. The van der Waals surface area contributed by atoms with Crippen LogP contribution in [0.2, 0.25) is 0 Å². The number of aromatic nitrogens is 1. The van der Waals surface area contributed by atoms with Crippen molar-refractivity contribution in [3.8, 4) is 0 Å². The van der Waals surface area contributed by atoms with Crippen molar-refractivity contribution in [2.45, 2.75) is 19.8 Å². The predicted octanol–water partition coefficient (Wildman–Crippen LogP) is 1.50. The molecule has 1 aromatic rings. The molecule has 0 bridgehead atoms. The summed E-state index contributed by atoms with van der Waals surface area (Å²) in [5.74, 6) is 5.77. The third-order valence-electron chi connectivity index (χ3n) is 2.88. The van der Waals surface area contributed by atoms with Gasteiger partial charge in [0.15, 0.2) is 5.69 Å². The van der Waals surface area contributed by atoms with E-state index in [2.05, 4.69) is 4.98 Å². The Morgan fingerprint density at radius 1 is 1.43 bits per heavy atom. The molecule has 14 heavy (non-hydrogen) atoms. The zero-order chi connectivity index (χ0) is 10.2. The van der Waals surface area contributed by atoms with Crippen LogP contribution in [0.4, 0.5) is 10.1 Å². The molecule has 0 atom stereocenters. The highest BCUT2D eigenvalue weighted by molar-refractivity contribution is 5.42. The quantitative estimate of drug-likeness (QED) is 0.420. The molecule has 0 aliphatic carbocycles. The molecule has 1 aromatic heterocycles. The van der Waals surface area contributed by atoms with Crippen LogP contribution in [0.3, 0.4) is 0 Å². The first kappa shape index (κ1) is 9.55. The second-order valence-corrected chi connectivity index (χ2v) is 3.99. The number of pyridine rings is 1. The SMILES string of the molecule is Cc1cc([N+]2(N)CCCC2)cnc1F. The molecule has 0 saturated carbocycles. The number of quaternary nitrogens is 1. The molecule has 1 saturated heterocycles. The Bertz CT molecular complexity index is 345. The lowest BCUT2D eigenvalue weighted by Crippen LogP contribution is -2.53. The summed E-state index contributed by atoms with van der Waals surface area (Å²) in [6.45, 7) is 3.56. The molecule has 0 amide bonds. The summed E-state index contributed by atoms with van der Waals surface area (Å²) in [5, 5.41) is 0. The fourth-order valence-corrected chi connectivity index (χ4v) is 1.94. The van der Waals surface area contributed by atoms with Crippen LogP contribution < -0.4 is 10.4 Å². The van der Waals surface area contributed by atoms with E-state index < -0.39 is 5.95 Å². The maximum atomic E-state index is 13.0. The van der Waals surface area contributed by atoms with E-state index in [4.69, 9.17) is 5.84 Å². The Morgan fingerprint density at radius 3 is 2.64 bits per heavy atom. The van der Waals surface area contributed by atoms with Crippen LogP contribution in [-0.2, 0) is 0 Å². The maximum Gasteiger partial charge on any atom is 0.216 e. The minimum Gasteiger partial charge on any atom is -0.222 e. The summed E-state index contributed by atoms with van der Waals surface area (Å²) in [4.78, 5) is 3.71. The Balaban J connectivity index is 2.36. The Kier molecular flexibility index (Phi) is 2.25. The third-order valence-corrected chi connectivity index (χ3v) is 2.88. The molecule has 1 aliphatic rings. The highest BCUT2D eigenvalue weighted by Gasteiger charge is 2.31. The largest absolute Gasteiger partial charge is 0.222 e. The molecular formula is C10H15FN3+. The summed E-state index contributed by atoms with van der Waals surface area (Å²) in [5.41, 5.74) is 1.48. The van der Waals surface area contributed by atoms with Gasteiger partial charge in [0.05, 0.1) is 6.20 Å². The average Bonchev–Trinajstić information content (AvgIpc) is 2.58. The van der Waals surface area contributed by atoms with Crippen molar-refractivity contribution in [2.24, 2.45) is 5.84 Å². The van der Waals surface area contributed by atoms with E-state index in [1.807, 2.05) is 0 Å². The van der Waals surface area contributed by atoms with E-state index in [9.17, 15) is 4.39 Å². The van der Waals surface area contributed by atoms with Gasteiger partial charge in [0.25, 0.3) is 0 Å². The highest BCUT2D eigenvalue weighted by atomic mass is 19.1. The van der Waals surface area contributed by atoms with Gasteiger partial charge in [0.2, 0.25) is 5.95 Å². The zero-order valence-corrected chi connectivity index (χ0v) is 8.33. The number of nitrogens with zero attached hydrogens (tertiary/aromatic N) is 2. The lowest BCUT2D eigenvalue weighted by atomic mass is 10.2. The summed E-state index contributed by atoms with van der Waals surface area (Å²) in [7, 11) is 0. The number of rotatable bonds is 1. The summed E-state index contributed by atoms with van der Waals surface area (Å²) in [6, 6.07) is 1.80. The molecule has 0 unspecified atom stereocenters. The van der Waals surface area contributed by atoms with Crippen LogP contribution in [0.1, 0.15) is 18.4 Å². The Labute approximate surface area is 82.9 Å². The number of halogens is 1. The molecule has 4 heteroatoms. The van der Waals surface area contributed by atoms with E-state index in [1.165, 1.54) is 0 Å². The number of hydrogen-bond donors (Lipinski definition) is 1. The smallest absolute Gasteiger partial charge is 0.216 e. The molecule has 1 aliphatic heterocycles. The minimum atomic E-state index is -0.403. The van der Waals surface area contributed by atoms with Crippen molar-refractivity contribution in [3.05, 3.63) is 23.8 Å². The Hall–Kier alpha value is -1.00. The van der Waals surface area contributed by atoms with Crippen LogP contribution in [0.15, 0.2) is 12.3 Å². The van der Waals surface area contributed by atoms with E-state index in [1.54, 1.807) is 19.2 Å². The molecular weight excluding hydrogens is 181 g/mol. The van der Waals surface area contributed by atoms with Gasteiger partial charge in [-0.15, -0.1) is 0 Å². The first-order valence-corrected chi connectivity index (χ1v) is 4.90. The molecule has 1 fully saturated rings. The van der Waals surface area contributed by atoms with Crippen molar-refractivity contribution in [2.75, 3.05) is 13.1 Å². The molecule has 76 valence electrons. The van der Waals surface area contributed by atoms with Crippen LogP contribution in [0.25, 0.3) is 0 Å². The van der Waals surface area contributed by atoms with Crippen molar-refractivity contribution in [1.29, 1.82) is 0 Å². The van der Waals surface area contributed by atoms with Crippen LogP contribution in [0, 0.1) is 12.9 Å². The lowest BCUT2D eigenvalue weighted by molar-refractivity contribution is 0.345. The highest BCUT2D eigenvalue weighted by Crippen LogP contribution is 2.25. The van der Waals surface area contributed by atoms with Crippen molar-refractivity contribution in [1.82, 2.24) is 9.58 Å². The van der Waals surface area contributed by atoms with Crippen molar-refractivity contribution < 1.29 is 4.39 Å². The molecule has 0 aromatic carbocycles. The van der Waals surface area contributed by atoms with E-state index in [-0.39, 0.29) is 0 Å². The molecule has 2 rings (SSSR count). The van der Waals surface area contributed by atoms with Gasteiger partial charge in [-0.25, -0.2) is 9.58 Å². The van der Waals surface area contributed by atoms with Gasteiger partial charge in [-0.05, 0) is 6.92 Å². The molecule has 0 spiro atoms. The second-order valence-electron chi connectivity index (χ2n) is 3.99. The summed E-state index contributed by atoms with van der Waals surface area (Å²) >= 11 is 0.